The molecule has 0 radical (unpaired) electrons. The quantitative estimate of drug-likeness (QED) is 0.511. The van der Waals surface area contributed by atoms with E-state index in [1.54, 1.807) is 4.90 Å². The van der Waals surface area contributed by atoms with E-state index in [1.165, 1.54) is 25.1 Å². The van der Waals surface area contributed by atoms with Gasteiger partial charge >= 0.3 is 5.97 Å². The van der Waals surface area contributed by atoms with E-state index in [9.17, 15) is 19.7 Å². The normalized spacial score (nSPS) is 18.1. The van der Waals surface area contributed by atoms with Crippen molar-refractivity contribution in [3.8, 4) is 0 Å². The Morgan fingerprint density at radius 2 is 2.15 bits per heavy atom. The molecule has 106 valence electrons. The van der Waals surface area contributed by atoms with Crippen LogP contribution in [0, 0.1) is 16.0 Å². The smallest absolute Gasteiger partial charge is 0.308 e. The van der Waals surface area contributed by atoms with Crippen LogP contribution in [0.5, 0.6) is 0 Å². The molecule has 1 aliphatic rings. The van der Waals surface area contributed by atoms with Crippen LogP contribution in [0.15, 0.2) is 18.2 Å². The van der Waals surface area contributed by atoms with Crippen molar-refractivity contribution in [1.29, 1.82) is 0 Å². The molecule has 0 bridgehead atoms. The van der Waals surface area contributed by atoms with Crippen LogP contribution in [-0.2, 0) is 4.79 Å². The fourth-order valence-corrected chi connectivity index (χ4v) is 2.34. The van der Waals surface area contributed by atoms with Gasteiger partial charge in [0.2, 0.25) is 0 Å². The van der Waals surface area contributed by atoms with Crippen LogP contribution < -0.4 is 4.90 Å². The van der Waals surface area contributed by atoms with Gasteiger partial charge in [-0.3, -0.25) is 19.7 Å². The standard InChI is InChI=1S/C13H14N2O5/c1-8(16)9-2-3-11(12(6-9)15(19)20)14-5-4-10(7-14)13(17)18/h2-3,6,10H,4-5,7H2,1H3,(H,17,18). The van der Waals surface area contributed by atoms with Gasteiger partial charge in [-0.2, -0.15) is 0 Å². The Morgan fingerprint density at radius 3 is 2.65 bits per heavy atom. The molecule has 1 unspecified atom stereocenters. The number of hydrogen-bond acceptors (Lipinski definition) is 5. The highest BCUT2D eigenvalue weighted by atomic mass is 16.6. The first-order chi connectivity index (χ1) is 9.40. The summed E-state index contributed by atoms with van der Waals surface area (Å²) in [6.45, 7) is 2.04. The largest absolute Gasteiger partial charge is 0.481 e. The van der Waals surface area contributed by atoms with Gasteiger partial charge in [-0.25, -0.2) is 0 Å². The van der Waals surface area contributed by atoms with Gasteiger partial charge in [0.15, 0.2) is 5.78 Å². The predicted octanol–water partition coefficient (Wildman–Crippen LogP) is 1.71. The number of nitro groups is 1. The van der Waals surface area contributed by atoms with Crippen molar-refractivity contribution in [3.05, 3.63) is 33.9 Å². The molecule has 0 aliphatic carbocycles. The SMILES string of the molecule is CC(=O)c1ccc(N2CCC(C(=O)O)C2)c([N+](=O)[O-])c1. The van der Waals surface area contributed by atoms with Gasteiger partial charge in [-0.15, -0.1) is 0 Å². The van der Waals surface area contributed by atoms with Crippen molar-refractivity contribution in [3.63, 3.8) is 0 Å². The molecule has 7 heteroatoms. The number of aliphatic carboxylic acids is 1. The molecule has 1 heterocycles. The van der Waals surface area contributed by atoms with Crippen LogP contribution in [0.2, 0.25) is 0 Å². The van der Waals surface area contributed by atoms with Crippen LogP contribution in [0.3, 0.4) is 0 Å². The summed E-state index contributed by atoms with van der Waals surface area (Å²) in [5.74, 6) is -1.65. The molecule has 0 amide bonds. The highest BCUT2D eigenvalue weighted by molar-refractivity contribution is 5.95. The number of nitro benzene ring substituents is 1. The summed E-state index contributed by atoms with van der Waals surface area (Å²) in [5, 5.41) is 20.1. The molecular formula is C13H14N2O5. The van der Waals surface area contributed by atoms with Crippen molar-refractivity contribution in [1.82, 2.24) is 0 Å². The number of carbonyl (C=O) groups excluding carboxylic acids is 1. The molecule has 2 rings (SSSR count). The van der Waals surface area contributed by atoms with Crippen molar-refractivity contribution in [2.24, 2.45) is 5.92 Å². The molecule has 7 nitrogen and oxygen atoms in total. The fourth-order valence-electron chi connectivity index (χ4n) is 2.34. The summed E-state index contributed by atoms with van der Waals surface area (Å²) in [6.07, 6.45) is 0.459. The molecule has 1 fully saturated rings. The second-order valence-corrected chi connectivity index (χ2v) is 4.79. The van der Waals surface area contributed by atoms with Crippen LogP contribution in [0.4, 0.5) is 11.4 Å². The van der Waals surface area contributed by atoms with Crippen LogP contribution in [0.25, 0.3) is 0 Å². The van der Waals surface area contributed by atoms with E-state index < -0.39 is 16.8 Å². The van der Waals surface area contributed by atoms with Gasteiger partial charge in [0, 0.05) is 24.7 Å². The van der Waals surface area contributed by atoms with Gasteiger partial charge in [-0.1, -0.05) is 0 Å². The van der Waals surface area contributed by atoms with E-state index in [2.05, 4.69) is 0 Å². The number of nitrogens with zero attached hydrogens (tertiary/aromatic N) is 2. The van der Waals surface area contributed by atoms with Gasteiger partial charge in [0.05, 0.1) is 10.8 Å². The monoisotopic (exact) mass is 278 g/mol. The minimum atomic E-state index is -0.893. The minimum Gasteiger partial charge on any atom is -0.481 e. The molecule has 1 aliphatic heterocycles. The van der Waals surface area contributed by atoms with E-state index in [4.69, 9.17) is 5.11 Å². The van der Waals surface area contributed by atoms with E-state index in [0.717, 1.165) is 0 Å². The van der Waals surface area contributed by atoms with E-state index in [1.807, 2.05) is 0 Å². The maximum Gasteiger partial charge on any atom is 0.308 e. The van der Waals surface area contributed by atoms with E-state index in [0.29, 0.717) is 18.7 Å². The van der Waals surface area contributed by atoms with Crippen LogP contribution in [0.1, 0.15) is 23.7 Å². The van der Waals surface area contributed by atoms with Gasteiger partial charge in [-0.05, 0) is 25.5 Å². The zero-order chi connectivity index (χ0) is 14.9. The number of hydrogen-bond donors (Lipinski definition) is 1. The zero-order valence-corrected chi connectivity index (χ0v) is 10.9. The molecule has 1 aromatic rings. The van der Waals surface area contributed by atoms with Crippen molar-refractivity contribution < 1.29 is 19.6 Å². The summed E-state index contributed by atoms with van der Waals surface area (Å²) in [7, 11) is 0. The van der Waals surface area contributed by atoms with Crippen LogP contribution >= 0.6 is 0 Å². The van der Waals surface area contributed by atoms with Crippen molar-refractivity contribution in [2.75, 3.05) is 18.0 Å². The lowest BCUT2D eigenvalue weighted by Gasteiger charge is -2.18. The zero-order valence-electron chi connectivity index (χ0n) is 10.9. The predicted molar refractivity (Wildman–Crippen MR) is 71.1 cm³/mol. The Balaban J connectivity index is 2.35. The van der Waals surface area contributed by atoms with Gasteiger partial charge < -0.3 is 10.0 Å². The topological polar surface area (TPSA) is 101 Å². The molecular weight excluding hydrogens is 264 g/mol. The average Bonchev–Trinajstić information content (AvgIpc) is 2.87. The summed E-state index contributed by atoms with van der Waals surface area (Å²) in [4.78, 5) is 34.5. The van der Waals surface area contributed by atoms with Gasteiger partial charge in [0.1, 0.15) is 5.69 Å². The molecule has 20 heavy (non-hydrogen) atoms. The Hall–Kier alpha value is -2.44. The molecule has 0 aromatic heterocycles. The van der Waals surface area contributed by atoms with E-state index in [-0.39, 0.29) is 23.6 Å². The third-order valence-corrected chi connectivity index (χ3v) is 3.46. The summed E-state index contributed by atoms with van der Waals surface area (Å²) in [6, 6.07) is 4.28. The fraction of sp³-hybridized carbons (Fsp3) is 0.385. The lowest BCUT2D eigenvalue weighted by Crippen LogP contribution is -2.23. The number of benzene rings is 1. The Bertz CT molecular complexity index is 584. The summed E-state index contributed by atoms with van der Waals surface area (Å²) in [5.41, 5.74) is 0.474. The maximum absolute atomic E-state index is 11.3. The number of ketones is 1. The number of rotatable bonds is 4. The average molecular weight is 278 g/mol. The Labute approximate surface area is 115 Å². The van der Waals surface area contributed by atoms with Crippen molar-refractivity contribution >= 4 is 23.1 Å². The van der Waals surface area contributed by atoms with Crippen LogP contribution in [-0.4, -0.2) is 34.9 Å². The summed E-state index contributed by atoms with van der Waals surface area (Å²) >= 11 is 0. The first-order valence-electron chi connectivity index (χ1n) is 6.17. The number of carboxylic acid groups (broad SMARTS) is 1. The molecule has 1 aromatic carbocycles. The Kier molecular flexibility index (Phi) is 3.69. The third-order valence-electron chi connectivity index (χ3n) is 3.46. The second-order valence-electron chi connectivity index (χ2n) is 4.79. The minimum absolute atomic E-state index is 0.163. The number of carboxylic acids is 1. The highest BCUT2D eigenvalue weighted by Gasteiger charge is 2.31. The lowest BCUT2D eigenvalue weighted by atomic mass is 10.1. The third kappa shape index (κ3) is 2.61. The molecule has 0 spiro atoms. The second kappa shape index (κ2) is 5.28. The maximum atomic E-state index is 11.3. The van der Waals surface area contributed by atoms with E-state index >= 15 is 0 Å². The Morgan fingerprint density at radius 1 is 1.45 bits per heavy atom. The number of Topliss-reactive ketones (excluding diaryl/α,β-unsaturated/α-hetero) is 1. The number of anilines is 1. The first-order valence-corrected chi connectivity index (χ1v) is 6.17. The first kappa shape index (κ1) is 14.0. The molecule has 0 saturated carbocycles. The lowest BCUT2D eigenvalue weighted by molar-refractivity contribution is -0.384. The summed E-state index contributed by atoms with van der Waals surface area (Å²) < 4.78 is 0. The van der Waals surface area contributed by atoms with Crippen molar-refractivity contribution in [2.45, 2.75) is 13.3 Å². The molecule has 1 N–H and O–H groups in total. The molecule has 1 atom stereocenters. The number of carbonyl (C=O) groups is 2. The van der Waals surface area contributed by atoms with Gasteiger partial charge in [0.25, 0.3) is 5.69 Å². The highest BCUT2D eigenvalue weighted by Crippen LogP contribution is 2.33. The molecule has 1 saturated heterocycles.